The van der Waals surface area contributed by atoms with Crippen LogP contribution in [0.25, 0.3) is 0 Å². The highest BCUT2D eigenvalue weighted by Gasteiger charge is 2.35. The second kappa shape index (κ2) is 5.10. The van der Waals surface area contributed by atoms with Crippen molar-refractivity contribution in [2.24, 2.45) is 0 Å². The van der Waals surface area contributed by atoms with Gasteiger partial charge in [0.1, 0.15) is 0 Å². The third-order valence-corrected chi connectivity index (χ3v) is 4.90. The molecule has 0 amide bonds. The normalized spacial score (nSPS) is 23.1. The van der Waals surface area contributed by atoms with Crippen LogP contribution in [0.2, 0.25) is 0 Å². The van der Waals surface area contributed by atoms with Gasteiger partial charge in [0.05, 0.1) is 4.45 Å². The predicted octanol–water partition coefficient (Wildman–Crippen LogP) is 4.31. The summed E-state index contributed by atoms with van der Waals surface area (Å²) >= 11 is 3.94. The molecule has 2 aromatic carbocycles. The lowest BCUT2D eigenvalue weighted by atomic mass is 9.93. The molecule has 1 unspecified atom stereocenters. The highest BCUT2D eigenvalue weighted by molar-refractivity contribution is 9.09. The van der Waals surface area contributed by atoms with Crippen LogP contribution in [0.1, 0.15) is 23.6 Å². The zero-order valence-electron chi connectivity index (χ0n) is 11.1. The van der Waals surface area contributed by atoms with Gasteiger partial charge in [-0.1, -0.05) is 70.5 Å². The Hall–Kier alpha value is -1.12. The lowest BCUT2D eigenvalue weighted by Crippen LogP contribution is -2.43. The summed E-state index contributed by atoms with van der Waals surface area (Å²) < 4.78 is -0.0717. The summed E-state index contributed by atoms with van der Waals surface area (Å²) in [6.45, 7) is 4.33. The topological polar surface area (TPSA) is 3.24 Å². The van der Waals surface area contributed by atoms with Crippen molar-refractivity contribution in [2.75, 3.05) is 6.54 Å². The zero-order valence-corrected chi connectivity index (χ0v) is 12.7. The van der Waals surface area contributed by atoms with Crippen LogP contribution in [-0.2, 0) is 17.4 Å². The number of hydrogen-bond donors (Lipinski definition) is 0. The van der Waals surface area contributed by atoms with E-state index in [1.165, 1.54) is 16.7 Å². The number of benzene rings is 2. The van der Waals surface area contributed by atoms with Gasteiger partial charge in [0.2, 0.25) is 0 Å². The molecule has 2 heteroatoms. The average molecular weight is 316 g/mol. The molecule has 19 heavy (non-hydrogen) atoms. The molecule has 0 fully saturated rings. The van der Waals surface area contributed by atoms with Crippen LogP contribution in [0.5, 0.6) is 0 Å². The fraction of sp³-hybridized carbons (Fsp3) is 0.294. The first-order chi connectivity index (χ1) is 9.18. The van der Waals surface area contributed by atoms with E-state index in [9.17, 15) is 0 Å². The van der Waals surface area contributed by atoms with Crippen molar-refractivity contribution in [2.45, 2.75) is 24.3 Å². The molecule has 1 aliphatic rings. The minimum atomic E-state index is -0.0717. The molecule has 0 aromatic heterocycles. The van der Waals surface area contributed by atoms with Crippen molar-refractivity contribution in [1.29, 1.82) is 0 Å². The number of hydrogen-bond acceptors (Lipinski definition) is 1. The van der Waals surface area contributed by atoms with Crippen LogP contribution in [0.3, 0.4) is 0 Å². The molecular weight excluding hydrogens is 298 g/mol. The third-order valence-electron chi connectivity index (χ3n) is 3.97. The Bertz CT molecular complexity index is 562. The van der Waals surface area contributed by atoms with Gasteiger partial charge in [-0.25, -0.2) is 0 Å². The molecule has 0 saturated carbocycles. The summed E-state index contributed by atoms with van der Waals surface area (Å²) in [5.74, 6) is 0. The van der Waals surface area contributed by atoms with Crippen molar-refractivity contribution in [3.63, 3.8) is 0 Å². The van der Waals surface area contributed by atoms with Gasteiger partial charge in [-0.05, 0) is 30.0 Å². The second-order valence-corrected chi connectivity index (χ2v) is 6.81. The smallest absolute Gasteiger partial charge is 0.0999 e. The van der Waals surface area contributed by atoms with Crippen molar-refractivity contribution in [3.8, 4) is 0 Å². The van der Waals surface area contributed by atoms with Crippen molar-refractivity contribution in [1.82, 2.24) is 4.90 Å². The highest BCUT2D eigenvalue weighted by Crippen LogP contribution is 2.41. The molecule has 0 bridgehead atoms. The standard InChI is InChI=1S/C17H18BrN/c1-17(18)16-10-6-5-9-15(16)11-12-19(17)13-14-7-3-2-4-8-14/h2-10H,11-13H2,1H3. The number of nitrogens with zero attached hydrogens (tertiary/aromatic N) is 1. The van der Waals surface area contributed by atoms with Crippen molar-refractivity contribution < 1.29 is 0 Å². The van der Waals surface area contributed by atoms with Crippen LogP contribution in [0, 0.1) is 0 Å². The van der Waals surface area contributed by atoms with E-state index in [1.54, 1.807) is 0 Å². The zero-order chi connectivity index (χ0) is 13.3. The van der Waals surface area contributed by atoms with Crippen LogP contribution < -0.4 is 0 Å². The average Bonchev–Trinajstić information content (AvgIpc) is 2.44. The lowest BCUT2D eigenvalue weighted by Gasteiger charge is -2.42. The first-order valence-corrected chi connectivity index (χ1v) is 7.53. The summed E-state index contributed by atoms with van der Waals surface area (Å²) in [5, 5.41) is 0. The highest BCUT2D eigenvalue weighted by atomic mass is 79.9. The van der Waals surface area contributed by atoms with E-state index in [0.717, 1.165) is 19.5 Å². The molecule has 0 radical (unpaired) electrons. The van der Waals surface area contributed by atoms with E-state index in [-0.39, 0.29) is 4.45 Å². The van der Waals surface area contributed by atoms with E-state index >= 15 is 0 Å². The number of rotatable bonds is 2. The molecule has 0 spiro atoms. The molecule has 1 aliphatic heterocycles. The maximum atomic E-state index is 3.94. The molecular formula is C17H18BrN. The first-order valence-electron chi connectivity index (χ1n) is 6.74. The Morgan fingerprint density at radius 1 is 1.05 bits per heavy atom. The largest absolute Gasteiger partial charge is 0.280 e. The Labute approximate surface area is 123 Å². The monoisotopic (exact) mass is 315 g/mol. The van der Waals surface area contributed by atoms with E-state index in [1.807, 2.05) is 0 Å². The quantitative estimate of drug-likeness (QED) is 0.589. The van der Waals surface area contributed by atoms with Gasteiger partial charge in [0.25, 0.3) is 0 Å². The van der Waals surface area contributed by atoms with Gasteiger partial charge in [0, 0.05) is 13.1 Å². The second-order valence-electron chi connectivity index (χ2n) is 5.27. The van der Waals surface area contributed by atoms with Crippen LogP contribution >= 0.6 is 15.9 Å². The third kappa shape index (κ3) is 2.47. The van der Waals surface area contributed by atoms with Crippen molar-refractivity contribution in [3.05, 3.63) is 71.3 Å². The molecule has 98 valence electrons. The van der Waals surface area contributed by atoms with E-state index < -0.39 is 0 Å². The van der Waals surface area contributed by atoms with Crippen molar-refractivity contribution >= 4 is 15.9 Å². The Balaban J connectivity index is 1.89. The Kier molecular flexibility index (Phi) is 3.46. The minimum Gasteiger partial charge on any atom is -0.280 e. The van der Waals surface area contributed by atoms with Crippen LogP contribution in [0.15, 0.2) is 54.6 Å². The van der Waals surface area contributed by atoms with Gasteiger partial charge >= 0.3 is 0 Å². The molecule has 2 aromatic rings. The number of alkyl halides is 1. The minimum absolute atomic E-state index is 0.0717. The van der Waals surface area contributed by atoms with E-state index in [2.05, 4.69) is 82.4 Å². The predicted molar refractivity (Wildman–Crippen MR) is 83.3 cm³/mol. The summed E-state index contributed by atoms with van der Waals surface area (Å²) in [7, 11) is 0. The van der Waals surface area contributed by atoms with Gasteiger partial charge in [-0.15, -0.1) is 0 Å². The lowest BCUT2D eigenvalue weighted by molar-refractivity contribution is 0.166. The molecule has 3 rings (SSSR count). The Morgan fingerprint density at radius 2 is 1.74 bits per heavy atom. The molecule has 1 nitrogen and oxygen atoms in total. The molecule has 0 aliphatic carbocycles. The fourth-order valence-corrected chi connectivity index (χ4v) is 3.54. The van der Waals surface area contributed by atoms with Gasteiger partial charge in [-0.2, -0.15) is 0 Å². The van der Waals surface area contributed by atoms with E-state index in [4.69, 9.17) is 0 Å². The van der Waals surface area contributed by atoms with Gasteiger partial charge in [0.15, 0.2) is 0 Å². The molecule has 0 N–H and O–H groups in total. The number of fused-ring (bicyclic) bond motifs is 1. The summed E-state index contributed by atoms with van der Waals surface area (Å²) in [5.41, 5.74) is 4.23. The summed E-state index contributed by atoms with van der Waals surface area (Å²) in [4.78, 5) is 2.50. The molecule has 1 heterocycles. The summed E-state index contributed by atoms with van der Waals surface area (Å²) in [6.07, 6.45) is 1.13. The maximum absolute atomic E-state index is 3.94. The fourth-order valence-electron chi connectivity index (χ4n) is 2.85. The Morgan fingerprint density at radius 3 is 2.53 bits per heavy atom. The van der Waals surface area contributed by atoms with Crippen LogP contribution in [0.4, 0.5) is 0 Å². The number of halogens is 1. The first kappa shape index (κ1) is 12.9. The maximum Gasteiger partial charge on any atom is 0.0999 e. The van der Waals surface area contributed by atoms with Crippen LogP contribution in [-0.4, -0.2) is 11.4 Å². The molecule has 1 atom stereocenters. The summed E-state index contributed by atoms with van der Waals surface area (Å²) in [6, 6.07) is 19.4. The van der Waals surface area contributed by atoms with Gasteiger partial charge < -0.3 is 0 Å². The SMILES string of the molecule is CC1(Br)c2ccccc2CCN1Cc1ccccc1. The van der Waals surface area contributed by atoms with E-state index in [0.29, 0.717) is 0 Å². The van der Waals surface area contributed by atoms with Gasteiger partial charge in [-0.3, -0.25) is 4.90 Å². The molecule has 0 saturated heterocycles.